The van der Waals surface area contributed by atoms with Gasteiger partial charge in [-0.1, -0.05) is 60.7 Å². The van der Waals surface area contributed by atoms with Crippen LogP contribution in [0.2, 0.25) is 0 Å². The van der Waals surface area contributed by atoms with E-state index in [1.165, 1.54) is 11.1 Å². The van der Waals surface area contributed by atoms with Gasteiger partial charge in [0.2, 0.25) is 5.91 Å². The van der Waals surface area contributed by atoms with Gasteiger partial charge in [0.25, 0.3) is 0 Å². The maximum absolute atomic E-state index is 12.9. The molecule has 2 saturated heterocycles. The highest BCUT2D eigenvalue weighted by atomic mass is 16.5. The lowest BCUT2D eigenvalue weighted by molar-refractivity contribution is -0.123. The molecule has 2 aromatic carbocycles. The maximum Gasteiger partial charge on any atom is 0.220 e. The number of amides is 1. The van der Waals surface area contributed by atoms with Crippen molar-refractivity contribution >= 4 is 5.91 Å². The zero-order chi connectivity index (χ0) is 26.2. The molecule has 0 aliphatic carbocycles. The van der Waals surface area contributed by atoms with Crippen LogP contribution in [0.25, 0.3) is 0 Å². The number of piperidine rings is 1. The lowest BCUT2D eigenvalue weighted by atomic mass is 9.95. The van der Waals surface area contributed by atoms with Gasteiger partial charge in [0.15, 0.2) is 5.82 Å². The van der Waals surface area contributed by atoms with Gasteiger partial charge in [0.1, 0.15) is 5.82 Å². The Balaban J connectivity index is 1.13. The highest BCUT2D eigenvalue weighted by molar-refractivity contribution is 5.76. The first-order chi connectivity index (χ1) is 18.6. The van der Waals surface area contributed by atoms with Crippen molar-refractivity contribution < 1.29 is 9.53 Å². The van der Waals surface area contributed by atoms with Crippen LogP contribution >= 0.6 is 0 Å². The molecule has 3 heterocycles. The normalized spacial score (nSPS) is 18.3. The Labute approximate surface area is 226 Å². The number of hydrogen-bond acceptors (Lipinski definition) is 5. The van der Waals surface area contributed by atoms with Crippen LogP contribution in [0.15, 0.2) is 60.7 Å². The lowest BCUT2D eigenvalue weighted by Crippen LogP contribution is -2.38. The summed E-state index contributed by atoms with van der Waals surface area (Å²) in [6, 6.07) is 21.3. The van der Waals surface area contributed by atoms with E-state index in [0.29, 0.717) is 18.4 Å². The van der Waals surface area contributed by atoms with E-state index < -0.39 is 0 Å². The molecule has 0 unspecified atom stereocenters. The van der Waals surface area contributed by atoms with Crippen molar-refractivity contribution in [1.82, 2.24) is 25.0 Å². The number of aromatic nitrogens is 3. The SMILES string of the molecule is Cc1nc(Cc2ccccc2)nn1C1CCN(CC[C@H](NC(=O)CC2CCOCC2)c2ccccc2)CC1. The second kappa shape index (κ2) is 13.2. The van der Waals surface area contributed by atoms with Crippen LogP contribution in [-0.4, -0.2) is 58.4 Å². The molecule has 7 nitrogen and oxygen atoms in total. The second-order valence-electron chi connectivity index (χ2n) is 10.8. The highest BCUT2D eigenvalue weighted by Crippen LogP contribution is 2.26. The van der Waals surface area contributed by atoms with Crippen LogP contribution in [-0.2, 0) is 16.0 Å². The smallest absolute Gasteiger partial charge is 0.220 e. The summed E-state index contributed by atoms with van der Waals surface area (Å²) in [6.45, 7) is 6.67. The van der Waals surface area contributed by atoms with Gasteiger partial charge in [-0.05, 0) is 56.1 Å². The number of carbonyl (C=O) groups excluding carboxylic acids is 1. The molecular weight excluding hydrogens is 474 g/mol. The van der Waals surface area contributed by atoms with E-state index >= 15 is 0 Å². The van der Waals surface area contributed by atoms with E-state index in [2.05, 4.69) is 70.4 Å². The number of ether oxygens (including phenoxy) is 1. The van der Waals surface area contributed by atoms with Crippen molar-refractivity contribution in [2.75, 3.05) is 32.8 Å². The Kier molecular flexibility index (Phi) is 9.20. The van der Waals surface area contributed by atoms with Gasteiger partial charge >= 0.3 is 0 Å². The van der Waals surface area contributed by atoms with Crippen molar-refractivity contribution in [3.8, 4) is 0 Å². The molecule has 0 radical (unpaired) electrons. The Hall–Kier alpha value is -3.03. The van der Waals surface area contributed by atoms with Crippen LogP contribution in [0, 0.1) is 12.8 Å². The summed E-state index contributed by atoms with van der Waals surface area (Å²) < 4.78 is 7.61. The number of benzene rings is 2. The van der Waals surface area contributed by atoms with Gasteiger partial charge in [0.05, 0.1) is 12.1 Å². The first-order valence-electron chi connectivity index (χ1n) is 14.2. The number of hydrogen-bond donors (Lipinski definition) is 1. The zero-order valence-corrected chi connectivity index (χ0v) is 22.6. The van der Waals surface area contributed by atoms with Crippen LogP contribution in [0.5, 0.6) is 0 Å². The number of nitrogens with zero attached hydrogens (tertiary/aromatic N) is 4. The molecule has 5 rings (SSSR count). The van der Waals surface area contributed by atoms with Gasteiger partial charge in [-0.15, -0.1) is 0 Å². The van der Waals surface area contributed by atoms with E-state index in [4.69, 9.17) is 14.8 Å². The number of carbonyl (C=O) groups is 1. The summed E-state index contributed by atoms with van der Waals surface area (Å²) in [4.78, 5) is 20.2. The molecule has 7 heteroatoms. The van der Waals surface area contributed by atoms with Gasteiger partial charge in [0, 0.05) is 45.7 Å². The zero-order valence-electron chi connectivity index (χ0n) is 22.6. The molecule has 0 spiro atoms. The van der Waals surface area contributed by atoms with Crippen molar-refractivity contribution in [2.24, 2.45) is 5.92 Å². The Bertz CT molecular complexity index is 1140. The second-order valence-corrected chi connectivity index (χ2v) is 10.8. The van der Waals surface area contributed by atoms with E-state index in [0.717, 1.165) is 83.0 Å². The highest BCUT2D eigenvalue weighted by Gasteiger charge is 2.25. The topological polar surface area (TPSA) is 72.3 Å². The third-order valence-corrected chi connectivity index (χ3v) is 8.04. The largest absolute Gasteiger partial charge is 0.381 e. The molecule has 2 aliphatic heterocycles. The molecule has 1 aromatic heterocycles. The molecule has 202 valence electrons. The van der Waals surface area contributed by atoms with Crippen molar-refractivity contribution in [2.45, 2.75) is 64.0 Å². The maximum atomic E-state index is 12.9. The summed E-state index contributed by atoms with van der Waals surface area (Å²) in [7, 11) is 0. The predicted octanol–water partition coefficient (Wildman–Crippen LogP) is 4.88. The molecule has 2 aliphatic rings. The number of rotatable bonds is 10. The molecule has 1 amide bonds. The number of nitrogens with one attached hydrogen (secondary N) is 1. The van der Waals surface area contributed by atoms with Gasteiger partial charge < -0.3 is 15.0 Å². The molecule has 1 N–H and O–H groups in total. The summed E-state index contributed by atoms with van der Waals surface area (Å²) in [5.41, 5.74) is 2.43. The van der Waals surface area contributed by atoms with E-state index in [1.54, 1.807) is 0 Å². The third kappa shape index (κ3) is 7.29. The summed E-state index contributed by atoms with van der Waals surface area (Å²) >= 11 is 0. The molecule has 38 heavy (non-hydrogen) atoms. The minimum Gasteiger partial charge on any atom is -0.381 e. The van der Waals surface area contributed by atoms with E-state index in [1.807, 2.05) is 12.1 Å². The Morgan fingerprint density at radius 1 is 1.00 bits per heavy atom. The van der Waals surface area contributed by atoms with Crippen LogP contribution in [0.4, 0.5) is 0 Å². The Morgan fingerprint density at radius 2 is 1.68 bits per heavy atom. The van der Waals surface area contributed by atoms with E-state index in [-0.39, 0.29) is 11.9 Å². The lowest BCUT2D eigenvalue weighted by Gasteiger charge is -2.33. The van der Waals surface area contributed by atoms with Crippen molar-refractivity contribution in [3.63, 3.8) is 0 Å². The van der Waals surface area contributed by atoms with Gasteiger partial charge in [-0.25, -0.2) is 9.67 Å². The van der Waals surface area contributed by atoms with Gasteiger partial charge in [-0.2, -0.15) is 5.10 Å². The molecule has 0 saturated carbocycles. The first-order valence-corrected chi connectivity index (χ1v) is 14.2. The van der Waals surface area contributed by atoms with Crippen LogP contribution in [0.3, 0.4) is 0 Å². The number of likely N-dealkylation sites (tertiary alicyclic amines) is 1. The standard InChI is InChI=1S/C31H41N5O2/c1-24-32-30(22-25-8-4-2-5-9-25)34-36(24)28-12-17-35(18-13-28)19-14-29(27-10-6-3-7-11-27)33-31(37)23-26-15-20-38-21-16-26/h2-11,26,28-29H,12-23H2,1H3,(H,33,37)/t29-/m0/s1. The minimum atomic E-state index is 0.0411. The third-order valence-electron chi connectivity index (χ3n) is 8.04. The molecule has 2 fully saturated rings. The first kappa shape index (κ1) is 26.6. The number of aryl methyl sites for hydroxylation is 1. The predicted molar refractivity (Wildman–Crippen MR) is 149 cm³/mol. The van der Waals surface area contributed by atoms with E-state index in [9.17, 15) is 4.79 Å². The van der Waals surface area contributed by atoms with Crippen LogP contribution in [0.1, 0.15) is 73.4 Å². The minimum absolute atomic E-state index is 0.0411. The fraction of sp³-hybridized carbons (Fsp3) is 0.516. The Morgan fingerprint density at radius 3 is 2.39 bits per heavy atom. The van der Waals surface area contributed by atoms with Crippen LogP contribution < -0.4 is 5.32 Å². The fourth-order valence-corrected chi connectivity index (χ4v) is 5.83. The summed E-state index contributed by atoms with van der Waals surface area (Å²) in [5, 5.41) is 8.24. The summed E-state index contributed by atoms with van der Waals surface area (Å²) in [5.74, 6) is 2.51. The van der Waals surface area contributed by atoms with Crippen molar-refractivity contribution in [3.05, 3.63) is 83.4 Å². The molecular formula is C31H41N5O2. The van der Waals surface area contributed by atoms with Crippen molar-refractivity contribution in [1.29, 1.82) is 0 Å². The molecule has 3 aromatic rings. The quantitative estimate of drug-likeness (QED) is 0.417. The average Bonchev–Trinajstić information content (AvgIpc) is 3.32. The monoisotopic (exact) mass is 515 g/mol. The fourth-order valence-electron chi connectivity index (χ4n) is 5.83. The molecule has 0 bridgehead atoms. The van der Waals surface area contributed by atoms with Gasteiger partial charge in [-0.3, -0.25) is 4.79 Å². The molecule has 1 atom stereocenters. The summed E-state index contributed by atoms with van der Waals surface area (Å²) in [6.07, 6.45) is 6.39. The average molecular weight is 516 g/mol.